The molecular formula is C19H17BO3S. The van der Waals surface area contributed by atoms with Crippen molar-refractivity contribution in [3.05, 3.63) is 90.5 Å². The van der Waals surface area contributed by atoms with Crippen LogP contribution in [-0.4, -0.2) is 15.3 Å². The average Bonchev–Trinajstić information content (AvgIpc) is 2.62. The van der Waals surface area contributed by atoms with Crippen molar-refractivity contribution in [3.8, 4) is 0 Å². The smallest absolute Gasteiger partial charge is 0.317 e. The fraction of sp³-hybridized carbons (Fsp3) is 0.0526. The molecule has 0 unspecified atom stereocenters. The summed E-state index contributed by atoms with van der Waals surface area (Å²) in [5, 5.41) is 0. The van der Waals surface area contributed by atoms with Gasteiger partial charge in [-0.3, -0.25) is 0 Å². The second-order valence-electron chi connectivity index (χ2n) is 5.56. The summed E-state index contributed by atoms with van der Waals surface area (Å²) in [6, 6.07) is 25.4. The van der Waals surface area contributed by atoms with Crippen LogP contribution in [0.5, 0.6) is 0 Å². The topological polar surface area (TPSA) is 43.4 Å². The molecule has 3 rings (SSSR count). The van der Waals surface area contributed by atoms with E-state index in [2.05, 4.69) is 0 Å². The lowest BCUT2D eigenvalue weighted by molar-refractivity contribution is 0.499. The summed E-state index contributed by atoms with van der Waals surface area (Å²) in [4.78, 5) is 0.157. The van der Waals surface area contributed by atoms with E-state index < -0.39 is 17.0 Å². The molecule has 0 spiro atoms. The van der Waals surface area contributed by atoms with Crippen LogP contribution in [0.1, 0.15) is 5.56 Å². The van der Waals surface area contributed by atoms with E-state index in [0.29, 0.717) is 0 Å². The van der Waals surface area contributed by atoms with Crippen LogP contribution < -0.4 is 10.9 Å². The summed E-state index contributed by atoms with van der Waals surface area (Å²) in [6.07, 6.45) is 0. The Hall–Kier alpha value is -2.37. The van der Waals surface area contributed by atoms with Crippen molar-refractivity contribution in [2.24, 2.45) is 0 Å². The van der Waals surface area contributed by atoms with Gasteiger partial charge in [-0.15, -0.1) is 0 Å². The summed E-state index contributed by atoms with van der Waals surface area (Å²) in [5.74, 6) is 0. The zero-order valence-corrected chi connectivity index (χ0v) is 14.1. The van der Waals surface area contributed by atoms with E-state index >= 15 is 0 Å². The maximum Gasteiger partial charge on any atom is 0.383 e. The first-order valence-electron chi connectivity index (χ1n) is 7.66. The quantitative estimate of drug-likeness (QED) is 0.673. The number of hydrogen-bond donors (Lipinski definition) is 0. The number of hydrogen-bond acceptors (Lipinski definition) is 3. The molecule has 5 heteroatoms. The monoisotopic (exact) mass is 336 g/mol. The van der Waals surface area contributed by atoms with Gasteiger partial charge in [-0.2, -0.15) is 8.42 Å². The molecule has 0 saturated carbocycles. The standard InChI is InChI=1S/C19H17BO3S/c1-16-12-14-19(15-13-16)24(21,22)23-20(17-8-4-2-5-9-17)18-10-6-3-7-11-18/h2-15H,1H3. The van der Waals surface area contributed by atoms with Crippen molar-refractivity contribution in [2.75, 3.05) is 0 Å². The Bertz CT molecular complexity index is 853. The first-order chi connectivity index (χ1) is 11.6. The third-order valence-corrected chi connectivity index (χ3v) is 5.03. The summed E-state index contributed by atoms with van der Waals surface area (Å²) >= 11 is 0. The Labute approximate surface area is 143 Å². The van der Waals surface area contributed by atoms with Crippen LogP contribution >= 0.6 is 0 Å². The van der Waals surface area contributed by atoms with Gasteiger partial charge in [0.25, 0.3) is 10.1 Å². The number of aryl methyl sites for hydroxylation is 1. The molecule has 3 nitrogen and oxygen atoms in total. The zero-order valence-electron chi connectivity index (χ0n) is 13.3. The maximum atomic E-state index is 12.7. The van der Waals surface area contributed by atoms with E-state index in [-0.39, 0.29) is 4.90 Å². The van der Waals surface area contributed by atoms with Crippen molar-refractivity contribution in [2.45, 2.75) is 11.8 Å². The van der Waals surface area contributed by atoms with Gasteiger partial charge < -0.3 is 4.10 Å². The van der Waals surface area contributed by atoms with E-state index in [1.165, 1.54) is 0 Å². The summed E-state index contributed by atoms with van der Waals surface area (Å²) < 4.78 is 31.0. The minimum absolute atomic E-state index is 0.157. The molecule has 0 N–H and O–H groups in total. The number of benzene rings is 3. The molecule has 0 aliphatic heterocycles. The fourth-order valence-corrected chi connectivity index (χ4v) is 3.50. The molecule has 0 saturated heterocycles. The Morgan fingerprint density at radius 3 is 1.62 bits per heavy atom. The van der Waals surface area contributed by atoms with Gasteiger partial charge in [0.15, 0.2) is 0 Å². The molecule has 0 amide bonds. The largest absolute Gasteiger partial charge is 0.383 e. The van der Waals surface area contributed by atoms with Crippen molar-refractivity contribution < 1.29 is 12.5 Å². The van der Waals surface area contributed by atoms with Gasteiger partial charge in [-0.1, -0.05) is 78.4 Å². The van der Waals surface area contributed by atoms with Crippen LogP contribution in [0, 0.1) is 6.92 Å². The molecule has 0 atom stereocenters. The van der Waals surface area contributed by atoms with Crippen LogP contribution in [0.2, 0.25) is 0 Å². The Kier molecular flexibility index (Phi) is 4.83. The lowest BCUT2D eigenvalue weighted by Gasteiger charge is -2.15. The second kappa shape index (κ2) is 7.03. The lowest BCUT2D eigenvalue weighted by atomic mass is 9.56. The average molecular weight is 336 g/mol. The lowest BCUT2D eigenvalue weighted by Crippen LogP contribution is -2.46. The van der Waals surface area contributed by atoms with Gasteiger partial charge in [0, 0.05) is 0 Å². The predicted molar refractivity (Wildman–Crippen MR) is 97.4 cm³/mol. The summed E-state index contributed by atoms with van der Waals surface area (Å²) in [6.45, 7) is 1.23. The third kappa shape index (κ3) is 3.75. The van der Waals surface area contributed by atoms with Crippen molar-refractivity contribution >= 4 is 28.0 Å². The molecule has 0 radical (unpaired) electrons. The third-order valence-electron chi connectivity index (χ3n) is 3.74. The minimum Gasteiger partial charge on any atom is -0.317 e. The van der Waals surface area contributed by atoms with E-state index in [1.54, 1.807) is 24.3 Å². The molecular weight excluding hydrogens is 319 g/mol. The minimum atomic E-state index is -3.87. The summed E-state index contributed by atoms with van der Waals surface area (Å²) in [7, 11) is -3.87. The SMILES string of the molecule is Cc1ccc(S(=O)(=O)OB(c2ccccc2)c2ccccc2)cc1. The van der Waals surface area contributed by atoms with Gasteiger partial charge >= 0.3 is 6.92 Å². The maximum absolute atomic E-state index is 12.7. The molecule has 0 heterocycles. The molecule has 24 heavy (non-hydrogen) atoms. The van der Waals surface area contributed by atoms with Crippen LogP contribution in [-0.2, 0) is 14.2 Å². The predicted octanol–water partition coefficient (Wildman–Crippen LogP) is 2.51. The highest BCUT2D eigenvalue weighted by atomic mass is 32.2. The highest BCUT2D eigenvalue weighted by Crippen LogP contribution is 2.14. The first kappa shape index (κ1) is 16.5. The highest BCUT2D eigenvalue weighted by Gasteiger charge is 2.28. The van der Waals surface area contributed by atoms with Crippen molar-refractivity contribution in [3.63, 3.8) is 0 Å². The fourth-order valence-electron chi connectivity index (χ4n) is 2.45. The molecule has 3 aromatic rings. The highest BCUT2D eigenvalue weighted by molar-refractivity contribution is 7.87. The van der Waals surface area contributed by atoms with Crippen LogP contribution in [0.15, 0.2) is 89.8 Å². The molecule has 0 aromatic heterocycles. The van der Waals surface area contributed by atoms with E-state index in [0.717, 1.165) is 16.5 Å². The van der Waals surface area contributed by atoms with Crippen LogP contribution in [0.3, 0.4) is 0 Å². The molecule has 0 bridgehead atoms. The van der Waals surface area contributed by atoms with Crippen molar-refractivity contribution in [1.29, 1.82) is 0 Å². The zero-order chi connectivity index (χ0) is 17.0. The summed E-state index contributed by atoms with van der Waals surface area (Å²) in [5.41, 5.74) is 2.58. The molecule has 0 aliphatic carbocycles. The molecule has 0 aliphatic rings. The van der Waals surface area contributed by atoms with Gasteiger partial charge in [0.05, 0.1) is 4.90 Å². The molecule has 120 valence electrons. The second-order valence-corrected chi connectivity index (χ2v) is 7.14. The number of rotatable bonds is 5. The van der Waals surface area contributed by atoms with E-state index in [4.69, 9.17) is 4.10 Å². The molecule has 3 aromatic carbocycles. The van der Waals surface area contributed by atoms with Crippen LogP contribution in [0.4, 0.5) is 0 Å². The first-order valence-corrected chi connectivity index (χ1v) is 9.07. The van der Waals surface area contributed by atoms with Gasteiger partial charge in [-0.25, -0.2) is 0 Å². The van der Waals surface area contributed by atoms with Gasteiger partial charge in [0.2, 0.25) is 0 Å². The Morgan fingerprint density at radius 2 is 1.17 bits per heavy atom. The van der Waals surface area contributed by atoms with Gasteiger partial charge in [0.1, 0.15) is 0 Å². The Balaban J connectivity index is 1.99. The van der Waals surface area contributed by atoms with Gasteiger partial charge in [-0.05, 0) is 30.0 Å². The van der Waals surface area contributed by atoms with Crippen molar-refractivity contribution in [1.82, 2.24) is 0 Å². The van der Waals surface area contributed by atoms with E-state index in [9.17, 15) is 8.42 Å². The normalized spacial score (nSPS) is 11.2. The van der Waals surface area contributed by atoms with Crippen LogP contribution in [0.25, 0.3) is 0 Å². The molecule has 0 fully saturated rings. The Morgan fingerprint density at radius 1 is 0.708 bits per heavy atom. The van der Waals surface area contributed by atoms with E-state index in [1.807, 2.05) is 67.6 Å².